The topological polar surface area (TPSA) is 79.9 Å². The van der Waals surface area contributed by atoms with Gasteiger partial charge in [0.05, 0.1) is 18.4 Å². The molecule has 0 saturated carbocycles. The van der Waals surface area contributed by atoms with E-state index in [9.17, 15) is 4.79 Å². The van der Waals surface area contributed by atoms with Gasteiger partial charge in [-0.3, -0.25) is 0 Å². The van der Waals surface area contributed by atoms with Crippen LogP contribution in [0.2, 0.25) is 0 Å². The van der Waals surface area contributed by atoms with E-state index in [2.05, 4.69) is 26.3 Å². The molecular formula is C19H16N4O2. The summed E-state index contributed by atoms with van der Waals surface area (Å²) >= 11 is 0. The highest BCUT2D eigenvalue weighted by atomic mass is 16.5. The number of carbonyl (C=O) groups excluding carboxylic acids is 1. The van der Waals surface area contributed by atoms with Gasteiger partial charge in [0.2, 0.25) is 0 Å². The van der Waals surface area contributed by atoms with Crippen molar-refractivity contribution in [2.45, 2.75) is 6.92 Å². The molecule has 0 bridgehead atoms. The van der Waals surface area contributed by atoms with Crippen molar-refractivity contribution in [2.24, 2.45) is 0 Å². The van der Waals surface area contributed by atoms with Crippen LogP contribution < -0.4 is 5.32 Å². The van der Waals surface area contributed by atoms with E-state index in [4.69, 9.17) is 4.74 Å². The Morgan fingerprint density at radius 2 is 2.00 bits per heavy atom. The van der Waals surface area contributed by atoms with Crippen LogP contribution in [-0.4, -0.2) is 28.0 Å². The minimum absolute atomic E-state index is 0.402. The summed E-state index contributed by atoms with van der Waals surface area (Å²) in [4.78, 5) is 24.1. The average Bonchev–Trinajstić information content (AvgIpc) is 3.00. The Morgan fingerprint density at radius 1 is 1.16 bits per heavy atom. The van der Waals surface area contributed by atoms with Gasteiger partial charge < -0.3 is 15.0 Å². The van der Waals surface area contributed by atoms with E-state index >= 15 is 0 Å². The van der Waals surface area contributed by atoms with Crippen molar-refractivity contribution in [2.75, 3.05) is 12.4 Å². The molecule has 0 aliphatic heterocycles. The number of hydrogen-bond acceptors (Lipinski definition) is 5. The van der Waals surface area contributed by atoms with E-state index in [0.717, 1.165) is 27.5 Å². The van der Waals surface area contributed by atoms with Crippen LogP contribution in [0.15, 0.2) is 48.8 Å². The molecule has 0 fully saturated rings. The van der Waals surface area contributed by atoms with Crippen LogP contribution in [0.1, 0.15) is 15.9 Å². The highest BCUT2D eigenvalue weighted by Crippen LogP contribution is 2.30. The second kappa shape index (κ2) is 5.90. The lowest BCUT2D eigenvalue weighted by Gasteiger charge is -2.10. The number of aryl methyl sites for hydroxylation is 1. The predicted octanol–water partition coefficient (Wildman–Crippen LogP) is 3.95. The molecule has 0 saturated heterocycles. The monoisotopic (exact) mass is 332 g/mol. The summed E-state index contributed by atoms with van der Waals surface area (Å²) in [6.45, 7) is 2.05. The molecule has 2 N–H and O–H groups in total. The maximum atomic E-state index is 12.0. The van der Waals surface area contributed by atoms with Gasteiger partial charge >= 0.3 is 5.97 Å². The number of para-hydroxylation sites is 1. The number of rotatable bonds is 3. The van der Waals surface area contributed by atoms with Gasteiger partial charge in [0.1, 0.15) is 17.4 Å². The van der Waals surface area contributed by atoms with Crippen molar-refractivity contribution < 1.29 is 9.53 Å². The molecule has 4 aromatic rings. The van der Waals surface area contributed by atoms with Crippen LogP contribution in [0.3, 0.4) is 0 Å². The molecule has 6 heteroatoms. The number of methoxy groups -OCH3 is 1. The molecule has 4 rings (SSSR count). The fourth-order valence-electron chi connectivity index (χ4n) is 2.91. The lowest BCUT2D eigenvalue weighted by atomic mass is 10.1. The zero-order chi connectivity index (χ0) is 17.4. The molecule has 2 heterocycles. The first kappa shape index (κ1) is 15.1. The molecule has 0 atom stereocenters. The predicted molar refractivity (Wildman–Crippen MR) is 97.2 cm³/mol. The number of H-pyrrole nitrogens is 1. The SMILES string of the molecule is COC(=O)c1ccccc1Nc1ncnc2c1[nH]c1ccc(C)cc12. The Hall–Kier alpha value is -3.41. The molecule has 0 amide bonds. The summed E-state index contributed by atoms with van der Waals surface area (Å²) < 4.78 is 4.84. The standard InChI is InChI=1S/C19H16N4O2/c1-11-7-8-15-13(9-11)16-17(22-15)18(21-10-20-16)23-14-6-4-3-5-12(14)19(24)25-2/h3-10,22H,1-2H3,(H,20,21,23). The minimum atomic E-state index is -0.402. The van der Waals surface area contributed by atoms with E-state index in [1.165, 1.54) is 13.4 Å². The normalized spacial score (nSPS) is 11.0. The van der Waals surface area contributed by atoms with Crippen molar-refractivity contribution in [1.29, 1.82) is 0 Å². The number of nitrogens with one attached hydrogen (secondary N) is 2. The largest absolute Gasteiger partial charge is 0.465 e. The van der Waals surface area contributed by atoms with Crippen LogP contribution in [0.4, 0.5) is 11.5 Å². The number of benzene rings is 2. The van der Waals surface area contributed by atoms with Gasteiger partial charge in [-0.05, 0) is 31.2 Å². The number of esters is 1. The first-order valence-corrected chi connectivity index (χ1v) is 7.85. The zero-order valence-corrected chi connectivity index (χ0v) is 13.8. The number of fused-ring (bicyclic) bond motifs is 3. The Kier molecular flexibility index (Phi) is 3.57. The number of hydrogen-bond donors (Lipinski definition) is 2. The van der Waals surface area contributed by atoms with E-state index in [1.54, 1.807) is 12.1 Å². The molecule has 0 unspecified atom stereocenters. The summed E-state index contributed by atoms with van der Waals surface area (Å²) in [6, 6.07) is 13.3. The molecular weight excluding hydrogens is 316 g/mol. The Balaban J connectivity index is 1.86. The number of aromatic nitrogens is 3. The summed E-state index contributed by atoms with van der Waals surface area (Å²) in [5.41, 5.74) is 4.87. The van der Waals surface area contributed by atoms with E-state index in [0.29, 0.717) is 17.1 Å². The lowest BCUT2D eigenvalue weighted by molar-refractivity contribution is 0.0602. The van der Waals surface area contributed by atoms with E-state index < -0.39 is 5.97 Å². The number of nitrogens with zero attached hydrogens (tertiary/aromatic N) is 2. The Morgan fingerprint density at radius 3 is 2.84 bits per heavy atom. The minimum Gasteiger partial charge on any atom is -0.465 e. The van der Waals surface area contributed by atoms with Gasteiger partial charge in [-0.2, -0.15) is 0 Å². The molecule has 2 aromatic heterocycles. The van der Waals surface area contributed by atoms with Crippen molar-refractivity contribution in [1.82, 2.24) is 15.0 Å². The fraction of sp³-hybridized carbons (Fsp3) is 0.105. The third kappa shape index (κ3) is 2.57. The van der Waals surface area contributed by atoms with Gasteiger partial charge in [0, 0.05) is 10.9 Å². The van der Waals surface area contributed by atoms with Crippen molar-refractivity contribution >= 4 is 39.4 Å². The average molecular weight is 332 g/mol. The maximum Gasteiger partial charge on any atom is 0.339 e. The van der Waals surface area contributed by atoms with Gasteiger partial charge in [-0.1, -0.05) is 23.8 Å². The first-order chi connectivity index (χ1) is 12.2. The third-order valence-electron chi connectivity index (χ3n) is 4.12. The maximum absolute atomic E-state index is 12.0. The summed E-state index contributed by atoms with van der Waals surface area (Å²) in [7, 11) is 1.36. The first-order valence-electron chi connectivity index (χ1n) is 7.85. The molecule has 0 spiro atoms. The highest BCUT2D eigenvalue weighted by molar-refractivity contribution is 6.09. The molecule has 0 aliphatic rings. The van der Waals surface area contributed by atoms with Crippen molar-refractivity contribution in [3.63, 3.8) is 0 Å². The number of aromatic amines is 1. The molecule has 0 aliphatic carbocycles. The lowest BCUT2D eigenvalue weighted by Crippen LogP contribution is -2.06. The molecule has 2 aromatic carbocycles. The number of anilines is 2. The van der Waals surface area contributed by atoms with Crippen LogP contribution in [0, 0.1) is 6.92 Å². The van der Waals surface area contributed by atoms with Crippen LogP contribution in [0.25, 0.3) is 21.9 Å². The molecule has 0 radical (unpaired) electrons. The van der Waals surface area contributed by atoms with Gasteiger partial charge in [0.15, 0.2) is 5.82 Å². The van der Waals surface area contributed by atoms with Crippen LogP contribution in [-0.2, 0) is 4.74 Å². The van der Waals surface area contributed by atoms with Crippen molar-refractivity contribution in [3.8, 4) is 0 Å². The highest BCUT2D eigenvalue weighted by Gasteiger charge is 2.15. The molecule has 25 heavy (non-hydrogen) atoms. The number of carbonyl (C=O) groups is 1. The Bertz CT molecular complexity index is 1100. The van der Waals surface area contributed by atoms with Crippen LogP contribution >= 0.6 is 0 Å². The zero-order valence-electron chi connectivity index (χ0n) is 13.8. The fourth-order valence-corrected chi connectivity index (χ4v) is 2.91. The summed E-state index contributed by atoms with van der Waals surface area (Å²) in [5.74, 6) is 0.205. The van der Waals surface area contributed by atoms with E-state index in [1.807, 2.05) is 31.2 Å². The third-order valence-corrected chi connectivity index (χ3v) is 4.12. The van der Waals surface area contributed by atoms with Crippen LogP contribution in [0.5, 0.6) is 0 Å². The number of ether oxygens (including phenoxy) is 1. The second-order valence-corrected chi connectivity index (χ2v) is 5.78. The second-order valence-electron chi connectivity index (χ2n) is 5.78. The van der Waals surface area contributed by atoms with Crippen molar-refractivity contribution in [3.05, 3.63) is 59.9 Å². The summed E-state index contributed by atoms with van der Waals surface area (Å²) in [5, 5.41) is 4.27. The Labute approximate surface area is 143 Å². The quantitative estimate of drug-likeness (QED) is 0.555. The van der Waals surface area contributed by atoms with Gasteiger partial charge in [0.25, 0.3) is 0 Å². The van der Waals surface area contributed by atoms with Gasteiger partial charge in [-0.25, -0.2) is 14.8 Å². The summed E-state index contributed by atoms with van der Waals surface area (Å²) in [6.07, 6.45) is 1.51. The van der Waals surface area contributed by atoms with E-state index in [-0.39, 0.29) is 0 Å². The smallest absolute Gasteiger partial charge is 0.339 e. The van der Waals surface area contributed by atoms with Gasteiger partial charge in [-0.15, -0.1) is 0 Å². The molecule has 6 nitrogen and oxygen atoms in total. The molecule has 124 valence electrons.